The highest BCUT2D eigenvalue weighted by Gasteiger charge is 2.17. The minimum atomic E-state index is -0.673. The van der Waals surface area contributed by atoms with Crippen LogP contribution in [0.2, 0.25) is 0 Å². The highest BCUT2D eigenvalue weighted by Crippen LogP contribution is 2.16. The van der Waals surface area contributed by atoms with Crippen molar-refractivity contribution < 1.29 is 23.9 Å². The Balaban J connectivity index is 1.90. The van der Waals surface area contributed by atoms with Crippen molar-refractivity contribution in [2.45, 2.75) is 40.2 Å². The summed E-state index contributed by atoms with van der Waals surface area (Å²) < 4.78 is 10.2. The number of amides is 2. The van der Waals surface area contributed by atoms with E-state index in [1.165, 1.54) is 12.1 Å². The molecule has 2 aromatic rings. The summed E-state index contributed by atoms with van der Waals surface area (Å²) in [5, 5.41) is 5.24. The van der Waals surface area contributed by atoms with Crippen molar-refractivity contribution >= 4 is 29.3 Å². The van der Waals surface area contributed by atoms with Crippen molar-refractivity contribution in [3.05, 3.63) is 59.2 Å². The second-order valence-electron chi connectivity index (χ2n) is 7.63. The summed E-state index contributed by atoms with van der Waals surface area (Å²) in [4.78, 5) is 36.1. The Hall–Kier alpha value is -3.35. The fourth-order valence-corrected chi connectivity index (χ4v) is 2.38. The van der Waals surface area contributed by atoms with E-state index in [0.717, 1.165) is 11.1 Å². The van der Waals surface area contributed by atoms with E-state index in [4.69, 9.17) is 9.47 Å². The quantitative estimate of drug-likeness (QED) is 0.726. The van der Waals surface area contributed by atoms with Gasteiger partial charge in [0.15, 0.2) is 6.61 Å². The summed E-state index contributed by atoms with van der Waals surface area (Å²) in [5.41, 5.74) is 2.76. The average Bonchev–Trinajstić information content (AvgIpc) is 2.61. The van der Waals surface area contributed by atoms with Gasteiger partial charge in [0, 0.05) is 11.4 Å². The zero-order chi connectivity index (χ0) is 21.6. The van der Waals surface area contributed by atoms with Crippen LogP contribution < -0.4 is 10.6 Å². The maximum absolute atomic E-state index is 12.2. The van der Waals surface area contributed by atoms with E-state index in [1.54, 1.807) is 39.0 Å². The van der Waals surface area contributed by atoms with Crippen molar-refractivity contribution in [1.29, 1.82) is 0 Å². The van der Waals surface area contributed by atoms with Gasteiger partial charge in [0.2, 0.25) is 0 Å². The first-order chi connectivity index (χ1) is 13.5. The molecule has 7 nitrogen and oxygen atoms in total. The molecule has 2 N–H and O–H groups in total. The zero-order valence-corrected chi connectivity index (χ0v) is 17.3. The van der Waals surface area contributed by atoms with Crippen LogP contribution in [0.15, 0.2) is 42.5 Å². The molecule has 0 fully saturated rings. The molecule has 0 aliphatic heterocycles. The molecule has 0 spiro atoms. The van der Waals surface area contributed by atoms with Gasteiger partial charge < -0.3 is 14.8 Å². The smallest absolute Gasteiger partial charge is 0.412 e. The third-order valence-corrected chi connectivity index (χ3v) is 3.87. The number of aryl methyl sites for hydroxylation is 2. The fourth-order valence-electron chi connectivity index (χ4n) is 2.38. The van der Waals surface area contributed by atoms with Gasteiger partial charge in [0.05, 0.1) is 5.56 Å². The van der Waals surface area contributed by atoms with Crippen molar-refractivity contribution in [3.63, 3.8) is 0 Å². The molecule has 2 rings (SSSR count). The molecule has 0 saturated carbocycles. The molecule has 0 heterocycles. The van der Waals surface area contributed by atoms with Gasteiger partial charge >= 0.3 is 12.1 Å². The predicted molar refractivity (Wildman–Crippen MR) is 111 cm³/mol. The van der Waals surface area contributed by atoms with E-state index < -0.39 is 30.2 Å². The van der Waals surface area contributed by atoms with E-state index in [9.17, 15) is 14.4 Å². The third kappa shape index (κ3) is 7.29. The first kappa shape index (κ1) is 21.9. The molecule has 7 heteroatoms. The Kier molecular flexibility index (Phi) is 6.98. The van der Waals surface area contributed by atoms with Gasteiger partial charge in [-0.3, -0.25) is 10.1 Å². The Labute approximate surface area is 170 Å². The van der Waals surface area contributed by atoms with E-state index >= 15 is 0 Å². The number of anilines is 2. The number of carbonyl (C=O) groups is 3. The monoisotopic (exact) mass is 398 g/mol. The number of carbonyl (C=O) groups excluding carboxylic acids is 3. The molecule has 2 aromatic carbocycles. The summed E-state index contributed by atoms with van der Waals surface area (Å²) in [7, 11) is 0. The molecule has 154 valence electrons. The number of rotatable bonds is 5. The summed E-state index contributed by atoms with van der Waals surface area (Å²) >= 11 is 0. The summed E-state index contributed by atoms with van der Waals surface area (Å²) in [6, 6.07) is 11.7. The molecular weight excluding hydrogens is 372 g/mol. The molecule has 29 heavy (non-hydrogen) atoms. The Morgan fingerprint density at radius 1 is 0.897 bits per heavy atom. The highest BCUT2D eigenvalue weighted by molar-refractivity contribution is 5.96. The molecule has 0 atom stereocenters. The van der Waals surface area contributed by atoms with Crippen LogP contribution in [0.1, 0.15) is 42.3 Å². The summed E-state index contributed by atoms with van der Waals surface area (Å²) in [5.74, 6) is -1.11. The lowest BCUT2D eigenvalue weighted by molar-refractivity contribution is -0.119. The third-order valence-electron chi connectivity index (χ3n) is 3.87. The van der Waals surface area contributed by atoms with Gasteiger partial charge in [-0.05, 0) is 76.1 Å². The maximum atomic E-state index is 12.2. The summed E-state index contributed by atoms with van der Waals surface area (Å²) in [6.45, 7) is 8.77. The summed E-state index contributed by atoms with van der Waals surface area (Å²) in [6.07, 6.45) is -0.629. The van der Waals surface area contributed by atoms with Gasteiger partial charge in [0.1, 0.15) is 5.60 Å². The van der Waals surface area contributed by atoms with Crippen LogP contribution >= 0.6 is 0 Å². The van der Waals surface area contributed by atoms with Gasteiger partial charge in [-0.2, -0.15) is 0 Å². The number of nitrogens with one attached hydrogen (secondary N) is 2. The van der Waals surface area contributed by atoms with Gasteiger partial charge in [0.25, 0.3) is 5.91 Å². The van der Waals surface area contributed by atoms with Crippen LogP contribution in [0.25, 0.3) is 0 Å². The van der Waals surface area contributed by atoms with E-state index in [2.05, 4.69) is 10.6 Å². The van der Waals surface area contributed by atoms with E-state index in [0.29, 0.717) is 11.4 Å². The van der Waals surface area contributed by atoms with Crippen LogP contribution in [0, 0.1) is 13.8 Å². The fraction of sp³-hybridized carbons (Fsp3) is 0.318. The van der Waals surface area contributed by atoms with E-state index in [-0.39, 0.29) is 5.56 Å². The van der Waals surface area contributed by atoms with Crippen molar-refractivity contribution in [2.75, 3.05) is 17.2 Å². The second kappa shape index (κ2) is 9.23. The standard InChI is InChI=1S/C22H26N2O5/c1-14-9-10-18(11-15(14)2)23-19(25)13-28-20(26)16-7-6-8-17(12-16)24-21(27)29-22(3,4)5/h6-12H,13H2,1-5H3,(H,23,25)(H,24,27). The number of esters is 1. The highest BCUT2D eigenvalue weighted by atomic mass is 16.6. The number of benzene rings is 2. The van der Waals surface area contributed by atoms with Crippen molar-refractivity contribution in [3.8, 4) is 0 Å². The first-order valence-electron chi connectivity index (χ1n) is 9.18. The maximum Gasteiger partial charge on any atom is 0.412 e. The molecule has 0 aliphatic carbocycles. The average molecular weight is 398 g/mol. The molecule has 0 unspecified atom stereocenters. The normalized spacial score (nSPS) is 10.8. The molecule has 0 aliphatic rings. The van der Waals surface area contributed by atoms with Crippen LogP contribution in [0.5, 0.6) is 0 Å². The minimum Gasteiger partial charge on any atom is -0.452 e. The molecular formula is C22H26N2O5. The van der Waals surface area contributed by atoms with Crippen LogP contribution in [0.4, 0.5) is 16.2 Å². The Morgan fingerprint density at radius 3 is 2.24 bits per heavy atom. The first-order valence-corrected chi connectivity index (χ1v) is 9.18. The Bertz CT molecular complexity index is 916. The SMILES string of the molecule is Cc1ccc(NC(=O)COC(=O)c2cccc(NC(=O)OC(C)(C)C)c2)cc1C. The number of hydrogen-bond acceptors (Lipinski definition) is 5. The van der Waals surface area contributed by atoms with Crippen molar-refractivity contribution in [2.24, 2.45) is 0 Å². The van der Waals surface area contributed by atoms with Gasteiger partial charge in [-0.15, -0.1) is 0 Å². The number of hydrogen-bond donors (Lipinski definition) is 2. The van der Waals surface area contributed by atoms with E-state index in [1.807, 2.05) is 26.0 Å². The molecule has 2 amide bonds. The molecule has 0 aromatic heterocycles. The van der Waals surface area contributed by atoms with Gasteiger partial charge in [-0.1, -0.05) is 12.1 Å². The van der Waals surface area contributed by atoms with Crippen LogP contribution in [0.3, 0.4) is 0 Å². The minimum absolute atomic E-state index is 0.206. The molecule has 0 bridgehead atoms. The van der Waals surface area contributed by atoms with Gasteiger partial charge in [-0.25, -0.2) is 9.59 Å². The van der Waals surface area contributed by atoms with Crippen LogP contribution in [-0.2, 0) is 14.3 Å². The largest absolute Gasteiger partial charge is 0.452 e. The Morgan fingerprint density at radius 2 is 1.59 bits per heavy atom. The van der Waals surface area contributed by atoms with Crippen LogP contribution in [-0.4, -0.2) is 30.2 Å². The molecule has 0 saturated heterocycles. The lowest BCUT2D eigenvalue weighted by Crippen LogP contribution is -2.27. The lowest BCUT2D eigenvalue weighted by Gasteiger charge is -2.19. The topological polar surface area (TPSA) is 93.7 Å². The predicted octanol–water partition coefficient (Wildman–Crippen LogP) is 4.45. The lowest BCUT2D eigenvalue weighted by atomic mass is 10.1. The number of ether oxygens (including phenoxy) is 2. The second-order valence-corrected chi connectivity index (χ2v) is 7.63. The molecule has 0 radical (unpaired) electrons. The zero-order valence-electron chi connectivity index (χ0n) is 17.3. The van der Waals surface area contributed by atoms with Crippen molar-refractivity contribution in [1.82, 2.24) is 0 Å².